The normalized spacial score (nSPS) is 24.9. The molecule has 2 rings (SSSR count). The number of hydrogen-bond donors (Lipinski definition) is 1. The Morgan fingerprint density at radius 3 is 2.71 bits per heavy atom. The van der Waals surface area contributed by atoms with Crippen molar-refractivity contribution in [2.75, 3.05) is 18.8 Å². The Bertz CT molecular complexity index is 396. The molecule has 6 heteroatoms. The van der Waals surface area contributed by atoms with Crippen molar-refractivity contribution in [2.45, 2.75) is 30.9 Å². The van der Waals surface area contributed by atoms with Gasteiger partial charge in [-0.15, -0.1) is 0 Å². The smallest absolute Gasteiger partial charge is 0.244 e. The van der Waals surface area contributed by atoms with Crippen LogP contribution in [-0.4, -0.2) is 44.2 Å². The molecule has 0 spiro atoms. The quantitative estimate of drug-likeness (QED) is 0.848. The number of carbonyl (C=O) groups is 1. The number of rotatable bonds is 2. The van der Waals surface area contributed by atoms with Crippen LogP contribution in [0.15, 0.2) is 12.4 Å². The molecule has 2 heterocycles. The number of nitrogen functional groups attached to an aromatic ring is 1. The van der Waals surface area contributed by atoms with Gasteiger partial charge in [-0.25, -0.2) is 0 Å². The summed E-state index contributed by atoms with van der Waals surface area (Å²) < 4.78 is 1.59. The summed E-state index contributed by atoms with van der Waals surface area (Å²) in [5.74, 6) is 0.118. The largest absolute Gasteiger partial charge is 0.396 e. The zero-order valence-electron chi connectivity index (χ0n) is 10.2. The molecule has 1 saturated heterocycles. The maximum absolute atomic E-state index is 12.1. The number of anilines is 1. The van der Waals surface area contributed by atoms with Crippen molar-refractivity contribution < 1.29 is 4.79 Å². The fourth-order valence-corrected chi connectivity index (χ4v) is 3.41. The average molecular weight is 254 g/mol. The zero-order valence-corrected chi connectivity index (χ0v) is 11.0. The second kappa shape index (κ2) is 5.00. The zero-order chi connectivity index (χ0) is 12.4. The van der Waals surface area contributed by atoms with Crippen LogP contribution in [0, 0.1) is 0 Å². The summed E-state index contributed by atoms with van der Waals surface area (Å²) in [6.07, 6.45) is 3.24. The Morgan fingerprint density at radius 2 is 2.18 bits per heavy atom. The van der Waals surface area contributed by atoms with E-state index in [0.29, 0.717) is 16.2 Å². The molecule has 0 saturated carbocycles. The molecule has 5 nitrogen and oxygen atoms in total. The highest BCUT2D eigenvalue weighted by Gasteiger charge is 2.25. The van der Waals surface area contributed by atoms with E-state index in [4.69, 9.17) is 5.73 Å². The van der Waals surface area contributed by atoms with Crippen molar-refractivity contribution in [1.29, 1.82) is 0 Å². The van der Waals surface area contributed by atoms with Crippen molar-refractivity contribution in [2.24, 2.45) is 0 Å². The molecule has 1 amide bonds. The van der Waals surface area contributed by atoms with Crippen LogP contribution in [0.1, 0.15) is 13.8 Å². The van der Waals surface area contributed by atoms with E-state index in [-0.39, 0.29) is 12.5 Å². The Hall–Kier alpha value is -1.17. The molecule has 1 aliphatic heterocycles. The van der Waals surface area contributed by atoms with Gasteiger partial charge in [0.25, 0.3) is 0 Å². The summed E-state index contributed by atoms with van der Waals surface area (Å²) >= 11 is 1.94. The van der Waals surface area contributed by atoms with E-state index in [1.807, 2.05) is 16.7 Å². The first kappa shape index (κ1) is 12.3. The number of hydrogen-bond acceptors (Lipinski definition) is 4. The second-order valence-electron chi connectivity index (χ2n) is 4.53. The van der Waals surface area contributed by atoms with Crippen LogP contribution in [0.3, 0.4) is 0 Å². The minimum absolute atomic E-state index is 0.118. The molecule has 1 aromatic heterocycles. The molecule has 0 bridgehead atoms. The van der Waals surface area contributed by atoms with Crippen LogP contribution in [-0.2, 0) is 11.3 Å². The van der Waals surface area contributed by atoms with Gasteiger partial charge < -0.3 is 10.6 Å². The van der Waals surface area contributed by atoms with Gasteiger partial charge in [-0.05, 0) is 0 Å². The third-order valence-electron chi connectivity index (χ3n) is 2.72. The number of nitrogens with zero attached hydrogens (tertiary/aromatic N) is 3. The lowest BCUT2D eigenvalue weighted by Gasteiger charge is -2.34. The minimum Gasteiger partial charge on any atom is -0.396 e. The molecule has 17 heavy (non-hydrogen) atoms. The van der Waals surface area contributed by atoms with Gasteiger partial charge in [0, 0.05) is 29.8 Å². The summed E-state index contributed by atoms with van der Waals surface area (Å²) in [6, 6.07) is 0. The van der Waals surface area contributed by atoms with Crippen LogP contribution in [0.2, 0.25) is 0 Å². The summed E-state index contributed by atoms with van der Waals surface area (Å²) in [5, 5.41) is 5.04. The van der Waals surface area contributed by atoms with E-state index in [9.17, 15) is 4.79 Å². The lowest BCUT2D eigenvalue weighted by Crippen LogP contribution is -2.45. The molecule has 94 valence electrons. The second-order valence-corrected chi connectivity index (χ2v) is 6.41. The maximum Gasteiger partial charge on any atom is 0.244 e. The van der Waals surface area contributed by atoms with Gasteiger partial charge in [-0.1, -0.05) is 13.8 Å². The van der Waals surface area contributed by atoms with E-state index < -0.39 is 0 Å². The van der Waals surface area contributed by atoms with Gasteiger partial charge >= 0.3 is 0 Å². The monoisotopic (exact) mass is 254 g/mol. The standard InChI is InChI=1S/C11H18N4OS/c1-8-4-14(5-9(2)17-8)11(16)7-15-6-10(12)3-13-15/h3,6,8-9H,4-5,7,12H2,1-2H3. The lowest BCUT2D eigenvalue weighted by molar-refractivity contribution is -0.132. The Balaban J connectivity index is 1.95. The van der Waals surface area contributed by atoms with Crippen molar-refractivity contribution in [3.05, 3.63) is 12.4 Å². The Morgan fingerprint density at radius 1 is 1.53 bits per heavy atom. The van der Waals surface area contributed by atoms with Crippen molar-refractivity contribution in [3.63, 3.8) is 0 Å². The maximum atomic E-state index is 12.1. The average Bonchev–Trinajstić information content (AvgIpc) is 2.62. The van der Waals surface area contributed by atoms with E-state index in [2.05, 4.69) is 18.9 Å². The Labute approximate surface area is 105 Å². The van der Waals surface area contributed by atoms with Crippen LogP contribution < -0.4 is 5.73 Å². The van der Waals surface area contributed by atoms with Crippen molar-refractivity contribution in [1.82, 2.24) is 14.7 Å². The number of nitrogens with two attached hydrogens (primary N) is 1. The van der Waals surface area contributed by atoms with E-state index >= 15 is 0 Å². The topological polar surface area (TPSA) is 64.2 Å². The highest BCUT2D eigenvalue weighted by atomic mass is 32.2. The number of carbonyl (C=O) groups excluding carboxylic acids is 1. The molecule has 1 aliphatic rings. The molecule has 1 fully saturated rings. The van der Waals surface area contributed by atoms with Gasteiger partial charge in [0.1, 0.15) is 6.54 Å². The third-order valence-corrected chi connectivity index (χ3v) is 3.95. The number of amides is 1. The molecule has 2 atom stereocenters. The molecule has 0 aliphatic carbocycles. The molecule has 0 aromatic carbocycles. The SMILES string of the molecule is CC1CN(C(=O)Cn2cc(N)cn2)CC(C)S1. The van der Waals surface area contributed by atoms with Crippen LogP contribution >= 0.6 is 11.8 Å². The van der Waals surface area contributed by atoms with Crippen molar-refractivity contribution >= 4 is 23.4 Å². The minimum atomic E-state index is 0.118. The van der Waals surface area contributed by atoms with Gasteiger partial charge in [0.05, 0.1) is 11.9 Å². The summed E-state index contributed by atoms with van der Waals surface area (Å²) in [6.45, 7) is 6.25. The fourth-order valence-electron chi connectivity index (χ4n) is 2.09. The first-order chi connectivity index (χ1) is 8.04. The fraction of sp³-hybridized carbons (Fsp3) is 0.636. The highest BCUT2D eigenvalue weighted by Crippen LogP contribution is 2.24. The number of aromatic nitrogens is 2. The van der Waals surface area contributed by atoms with Gasteiger partial charge in [-0.2, -0.15) is 16.9 Å². The van der Waals surface area contributed by atoms with Gasteiger partial charge in [-0.3, -0.25) is 9.48 Å². The Kier molecular flexibility index (Phi) is 3.61. The van der Waals surface area contributed by atoms with Gasteiger partial charge in [0.2, 0.25) is 5.91 Å². The van der Waals surface area contributed by atoms with Crippen LogP contribution in [0.25, 0.3) is 0 Å². The van der Waals surface area contributed by atoms with Crippen LogP contribution in [0.4, 0.5) is 5.69 Å². The molecular weight excluding hydrogens is 236 g/mol. The first-order valence-corrected chi connectivity index (χ1v) is 6.70. The van der Waals surface area contributed by atoms with Gasteiger partial charge in [0.15, 0.2) is 0 Å². The van der Waals surface area contributed by atoms with E-state index in [1.54, 1.807) is 17.1 Å². The van der Waals surface area contributed by atoms with E-state index in [0.717, 1.165) is 13.1 Å². The number of thioether (sulfide) groups is 1. The lowest BCUT2D eigenvalue weighted by atomic mass is 10.3. The third kappa shape index (κ3) is 3.15. The summed E-state index contributed by atoms with van der Waals surface area (Å²) in [5.41, 5.74) is 6.16. The molecule has 1 aromatic rings. The van der Waals surface area contributed by atoms with E-state index in [1.165, 1.54) is 0 Å². The van der Waals surface area contributed by atoms with Crippen molar-refractivity contribution in [3.8, 4) is 0 Å². The highest BCUT2D eigenvalue weighted by molar-refractivity contribution is 8.00. The molecular formula is C11H18N4OS. The predicted molar refractivity (Wildman–Crippen MR) is 69.7 cm³/mol. The summed E-state index contributed by atoms with van der Waals surface area (Å²) in [7, 11) is 0. The molecule has 2 N–H and O–H groups in total. The summed E-state index contributed by atoms with van der Waals surface area (Å²) in [4.78, 5) is 14.0. The molecule has 0 radical (unpaired) electrons. The molecule has 2 unspecified atom stereocenters. The first-order valence-electron chi connectivity index (χ1n) is 5.75. The van der Waals surface area contributed by atoms with Crippen LogP contribution in [0.5, 0.6) is 0 Å². The predicted octanol–water partition coefficient (Wildman–Crippen LogP) is 0.818.